The van der Waals surface area contributed by atoms with E-state index in [9.17, 15) is 15.0 Å². The molecule has 1 aliphatic rings. The van der Waals surface area contributed by atoms with Gasteiger partial charge < -0.3 is 33.9 Å². The molecule has 8 heteroatoms. The summed E-state index contributed by atoms with van der Waals surface area (Å²) in [6.07, 6.45) is -4.40. The molecule has 1 fully saturated rings. The maximum absolute atomic E-state index is 11.5. The first-order chi connectivity index (χ1) is 15.4. The van der Waals surface area contributed by atoms with Crippen molar-refractivity contribution in [2.24, 2.45) is 5.92 Å². The second-order valence-electron chi connectivity index (χ2n) is 7.63. The monoisotopic (exact) mass is 446 g/mol. The van der Waals surface area contributed by atoms with Crippen LogP contribution in [0.1, 0.15) is 25.0 Å². The fourth-order valence-electron chi connectivity index (χ4n) is 3.52. The van der Waals surface area contributed by atoms with Crippen LogP contribution >= 0.6 is 0 Å². The van der Waals surface area contributed by atoms with E-state index in [1.165, 1.54) is 0 Å². The van der Waals surface area contributed by atoms with Crippen LogP contribution in [0.5, 0.6) is 11.5 Å². The average molecular weight is 446 g/mol. The molecule has 0 radical (unpaired) electrons. The molecule has 1 saturated heterocycles. The van der Waals surface area contributed by atoms with E-state index in [4.69, 9.17) is 23.7 Å². The van der Waals surface area contributed by atoms with Crippen molar-refractivity contribution in [3.63, 3.8) is 0 Å². The molecule has 1 aliphatic heterocycles. The molecule has 2 aromatic carbocycles. The van der Waals surface area contributed by atoms with Gasteiger partial charge in [0.1, 0.15) is 30.3 Å². The molecular weight excluding hydrogens is 416 g/mol. The van der Waals surface area contributed by atoms with Crippen LogP contribution in [0.3, 0.4) is 0 Å². The molecule has 3 rings (SSSR count). The van der Waals surface area contributed by atoms with Crippen LogP contribution < -0.4 is 9.47 Å². The van der Waals surface area contributed by atoms with Crippen molar-refractivity contribution < 1.29 is 38.7 Å². The topological polar surface area (TPSA) is 104 Å². The van der Waals surface area contributed by atoms with Crippen LogP contribution in [0.4, 0.5) is 4.79 Å². The first kappa shape index (κ1) is 23.8. The molecule has 0 aromatic heterocycles. The third kappa shape index (κ3) is 5.91. The summed E-state index contributed by atoms with van der Waals surface area (Å²) in [7, 11) is 1.62. The van der Waals surface area contributed by atoms with Gasteiger partial charge in [-0.1, -0.05) is 37.3 Å². The molecule has 0 spiro atoms. The zero-order valence-electron chi connectivity index (χ0n) is 18.5. The molecule has 32 heavy (non-hydrogen) atoms. The lowest BCUT2D eigenvalue weighted by Crippen LogP contribution is -2.56. The summed E-state index contributed by atoms with van der Waals surface area (Å²) in [6.45, 7) is 3.45. The van der Waals surface area contributed by atoms with Crippen molar-refractivity contribution in [1.82, 2.24) is 0 Å². The Morgan fingerprint density at radius 1 is 1.03 bits per heavy atom. The Morgan fingerprint density at radius 2 is 1.75 bits per heavy atom. The number of benzene rings is 2. The summed E-state index contributed by atoms with van der Waals surface area (Å²) in [5, 5.41) is 21.0. The van der Waals surface area contributed by atoms with E-state index in [0.29, 0.717) is 12.2 Å². The molecule has 0 unspecified atom stereocenters. The van der Waals surface area contributed by atoms with Crippen LogP contribution in [0, 0.1) is 5.92 Å². The fourth-order valence-corrected chi connectivity index (χ4v) is 3.52. The summed E-state index contributed by atoms with van der Waals surface area (Å²) >= 11 is 0. The number of hydrogen-bond donors (Lipinski definition) is 2. The highest BCUT2D eigenvalue weighted by atomic mass is 16.7. The van der Waals surface area contributed by atoms with E-state index in [0.717, 1.165) is 16.9 Å². The number of para-hydroxylation sites is 1. The van der Waals surface area contributed by atoms with Crippen molar-refractivity contribution in [2.75, 3.05) is 20.3 Å². The van der Waals surface area contributed by atoms with Crippen molar-refractivity contribution in [3.8, 4) is 11.5 Å². The normalized spacial score (nSPS) is 25.1. The minimum absolute atomic E-state index is 0.128. The second-order valence-corrected chi connectivity index (χ2v) is 7.63. The Balaban J connectivity index is 1.71. The Hall–Kier alpha value is -2.81. The van der Waals surface area contributed by atoms with E-state index in [1.54, 1.807) is 27.0 Å². The van der Waals surface area contributed by atoms with Gasteiger partial charge >= 0.3 is 6.16 Å². The highest BCUT2D eigenvalue weighted by Gasteiger charge is 2.44. The maximum atomic E-state index is 11.5. The Morgan fingerprint density at radius 3 is 2.44 bits per heavy atom. The van der Waals surface area contributed by atoms with Crippen LogP contribution in [0.25, 0.3) is 0 Å². The number of carbonyl (C=O) groups is 1. The van der Waals surface area contributed by atoms with E-state index < -0.39 is 36.7 Å². The van der Waals surface area contributed by atoms with Gasteiger partial charge in [-0.15, -0.1) is 0 Å². The largest absolute Gasteiger partial charge is 0.508 e. The van der Waals surface area contributed by atoms with Crippen LogP contribution in [0.15, 0.2) is 48.5 Å². The number of aliphatic hydroxyl groups excluding tert-OH is 2. The quantitative estimate of drug-likeness (QED) is 0.597. The minimum Gasteiger partial charge on any atom is -0.497 e. The molecule has 0 saturated carbocycles. The lowest BCUT2D eigenvalue weighted by Gasteiger charge is -2.41. The van der Waals surface area contributed by atoms with Crippen molar-refractivity contribution in [2.45, 2.75) is 44.9 Å². The molecule has 5 atom stereocenters. The number of hydrogen-bond acceptors (Lipinski definition) is 8. The predicted octanol–water partition coefficient (Wildman–Crippen LogP) is 2.92. The molecule has 0 aliphatic carbocycles. The summed E-state index contributed by atoms with van der Waals surface area (Å²) in [6, 6.07) is 15.1. The van der Waals surface area contributed by atoms with Gasteiger partial charge in [0.05, 0.1) is 19.8 Å². The second kappa shape index (κ2) is 11.2. The zero-order chi connectivity index (χ0) is 23.1. The first-order valence-corrected chi connectivity index (χ1v) is 10.6. The number of ether oxygens (including phenoxy) is 5. The molecule has 2 N–H and O–H groups in total. The van der Waals surface area contributed by atoms with Gasteiger partial charge in [0.25, 0.3) is 0 Å². The van der Waals surface area contributed by atoms with Gasteiger partial charge in [0, 0.05) is 12.3 Å². The Kier molecular flexibility index (Phi) is 8.33. The summed E-state index contributed by atoms with van der Waals surface area (Å²) in [5.41, 5.74) is 1.95. The molecule has 0 amide bonds. The predicted molar refractivity (Wildman–Crippen MR) is 116 cm³/mol. The number of aliphatic hydroxyl groups is 2. The van der Waals surface area contributed by atoms with E-state index in [1.807, 2.05) is 42.5 Å². The van der Waals surface area contributed by atoms with Gasteiger partial charge in [-0.25, -0.2) is 4.79 Å². The SMILES string of the molecule is CCOC(=O)OC[C@H]1O[C@@H](Oc2ccccc2Cc2ccc(OC)cc2)[C@H](O)[C@@H](O)[C@@H]1C. The third-order valence-electron chi connectivity index (χ3n) is 5.46. The average Bonchev–Trinajstić information content (AvgIpc) is 2.80. The minimum atomic E-state index is -1.27. The van der Waals surface area contributed by atoms with E-state index >= 15 is 0 Å². The molecule has 8 nitrogen and oxygen atoms in total. The fraction of sp³-hybridized carbons (Fsp3) is 0.458. The third-order valence-corrected chi connectivity index (χ3v) is 5.46. The van der Waals surface area contributed by atoms with Crippen molar-refractivity contribution in [3.05, 3.63) is 59.7 Å². The van der Waals surface area contributed by atoms with Gasteiger partial charge in [-0.3, -0.25) is 0 Å². The van der Waals surface area contributed by atoms with Gasteiger partial charge in [-0.2, -0.15) is 0 Å². The Labute approximate surface area is 187 Å². The van der Waals surface area contributed by atoms with E-state index in [2.05, 4.69) is 0 Å². The summed E-state index contributed by atoms with van der Waals surface area (Å²) < 4.78 is 26.9. The standard InChI is InChI=1S/C24H30O8/c1-4-29-24(27)30-14-20-15(2)21(25)22(26)23(32-20)31-19-8-6-5-7-17(19)13-16-9-11-18(28-3)12-10-16/h5-12,15,20-23,25-26H,4,13-14H2,1-3H3/t15-,20-,21+,22-,23-/m1/s1. The lowest BCUT2D eigenvalue weighted by atomic mass is 9.91. The van der Waals surface area contributed by atoms with Gasteiger partial charge in [0.15, 0.2) is 0 Å². The molecular formula is C24H30O8. The molecule has 174 valence electrons. The Bertz CT molecular complexity index is 869. The van der Waals surface area contributed by atoms with Gasteiger partial charge in [0.2, 0.25) is 6.29 Å². The van der Waals surface area contributed by atoms with Crippen LogP contribution in [-0.4, -0.2) is 61.3 Å². The smallest absolute Gasteiger partial charge is 0.497 e. The molecule has 2 aromatic rings. The molecule has 1 heterocycles. The number of rotatable bonds is 8. The summed E-state index contributed by atoms with van der Waals surface area (Å²) in [4.78, 5) is 11.5. The van der Waals surface area contributed by atoms with Crippen LogP contribution in [0.2, 0.25) is 0 Å². The van der Waals surface area contributed by atoms with Crippen molar-refractivity contribution in [1.29, 1.82) is 0 Å². The zero-order valence-corrected chi connectivity index (χ0v) is 18.5. The number of carbonyl (C=O) groups excluding carboxylic acids is 1. The maximum Gasteiger partial charge on any atom is 0.508 e. The van der Waals surface area contributed by atoms with Gasteiger partial charge in [-0.05, 0) is 36.2 Å². The van der Waals surface area contributed by atoms with E-state index in [-0.39, 0.29) is 13.2 Å². The highest BCUT2D eigenvalue weighted by Crippen LogP contribution is 2.30. The highest BCUT2D eigenvalue weighted by molar-refractivity contribution is 5.59. The molecule has 0 bridgehead atoms. The summed E-state index contributed by atoms with van der Waals surface area (Å²) in [5.74, 6) is 0.823. The first-order valence-electron chi connectivity index (χ1n) is 10.6. The van der Waals surface area contributed by atoms with Crippen LogP contribution in [-0.2, 0) is 20.6 Å². The number of methoxy groups -OCH3 is 1. The lowest BCUT2D eigenvalue weighted by molar-refractivity contribution is -0.261. The van der Waals surface area contributed by atoms with Crippen molar-refractivity contribution >= 4 is 6.16 Å².